The van der Waals surface area contributed by atoms with Crippen molar-refractivity contribution in [3.05, 3.63) is 18.0 Å². The number of nitrogens with zero attached hydrogens (tertiary/aromatic N) is 1. The van der Waals surface area contributed by atoms with E-state index in [4.69, 9.17) is 0 Å². The van der Waals surface area contributed by atoms with Gasteiger partial charge in [-0.25, -0.2) is 13.1 Å². The Hall–Kier alpha value is -1.41. The summed E-state index contributed by atoms with van der Waals surface area (Å²) in [7, 11) is -3.42. The molecule has 108 valence electrons. The Kier molecular flexibility index (Phi) is 5.49. The first kappa shape index (κ1) is 15.6. The van der Waals surface area contributed by atoms with Crippen molar-refractivity contribution >= 4 is 15.9 Å². The molecule has 1 aromatic rings. The summed E-state index contributed by atoms with van der Waals surface area (Å²) in [6.45, 7) is 4.18. The Morgan fingerprint density at radius 1 is 1.47 bits per heavy atom. The molecule has 0 fully saturated rings. The lowest BCUT2D eigenvalue weighted by molar-refractivity contribution is -0.123. The van der Waals surface area contributed by atoms with E-state index in [1.165, 1.54) is 0 Å². The molecule has 1 rings (SSSR count). The fourth-order valence-electron chi connectivity index (χ4n) is 1.63. The van der Waals surface area contributed by atoms with E-state index in [9.17, 15) is 13.2 Å². The Bertz CT molecular complexity index is 496. The number of rotatable bonds is 7. The second-order valence-electron chi connectivity index (χ2n) is 4.90. The second kappa shape index (κ2) is 6.67. The predicted octanol–water partition coefficient (Wildman–Crippen LogP) is -0.0102. The van der Waals surface area contributed by atoms with Crippen LogP contribution in [0.15, 0.2) is 12.4 Å². The third kappa shape index (κ3) is 6.35. The van der Waals surface area contributed by atoms with Gasteiger partial charge in [-0.1, -0.05) is 13.8 Å². The van der Waals surface area contributed by atoms with Crippen molar-refractivity contribution in [2.24, 2.45) is 5.92 Å². The van der Waals surface area contributed by atoms with Crippen LogP contribution in [0.25, 0.3) is 0 Å². The Balaban J connectivity index is 2.60. The molecule has 0 bridgehead atoms. The highest BCUT2D eigenvalue weighted by Crippen LogP contribution is 2.06. The van der Waals surface area contributed by atoms with Crippen molar-refractivity contribution in [1.29, 1.82) is 0 Å². The monoisotopic (exact) mass is 288 g/mol. The van der Waals surface area contributed by atoms with Gasteiger partial charge in [0.1, 0.15) is 6.04 Å². The number of H-pyrrole nitrogens is 1. The number of nitrogens with one attached hydrogen (secondary N) is 3. The highest BCUT2D eigenvalue weighted by atomic mass is 32.2. The number of aromatic amines is 1. The van der Waals surface area contributed by atoms with Gasteiger partial charge in [-0.2, -0.15) is 5.10 Å². The van der Waals surface area contributed by atoms with Gasteiger partial charge in [-0.15, -0.1) is 0 Å². The van der Waals surface area contributed by atoms with E-state index in [-0.39, 0.29) is 11.8 Å². The van der Waals surface area contributed by atoms with E-state index in [1.807, 2.05) is 13.8 Å². The molecule has 7 nitrogen and oxygen atoms in total. The fourth-order valence-corrected chi connectivity index (χ4v) is 2.35. The molecule has 0 spiro atoms. The Morgan fingerprint density at radius 3 is 2.63 bits per heavy atom. The Morgan fingerprint density at radius 2 is 2.16 bits per heavy atom. The quantitative estimate of drug-likeness (QED) is 0.656. The maximum absolute atomic E-state index is 12.0. The lowest BCUT2D eigenvalue weighted by atomic mass is 10.0. The maximum Gasteiger partial charge on any atom is 0.238 e. The third-order valence-electron chi connectivity index (χ3n) is 2.40. The lowest BCUT2D eigenvalue weighted by Crippen LogP contribution is -2.46. The summed E-state index contributed by atoms with van der Waals surface area (Å²) in [5, 5.41) is 9.09. The van der Waals surface area contributed by atoms with E-state index in [2.05, 4.69) is 20.2 Å². The number of sulfonamides is 1. The van der Waals surface area contributed by atoms with Crippen LogP contribution < -0.4 is 10.0 Å². The molecule has 1 amide bonds. The summed E-state index contributed by atoms with van der Waals surface area (Å²) in [6, 6.07) is -0.748. The maximum atomic E-state index is 12.0. The standard InChI is InChI=1S/C11H20N4O3S/c1-8(2)4-10(15-19(3,17)18)11(16)12-5-9-6-13-14-7-9/h6-8,10,15H,4-5H2,1-3H3,(H,12,16)(H,13,14). The van der Waals surface area contributed by atoms with Crippen LogP contribution in [-0.2, 0) is 21.4 Å². The zero-order valence-corrected chi connectivity index (χ0v) is 12.1. The van der Waals surface area contributed by atoms with Crippen molar-refractivity contribution in [2.75, 3.05) is 6.26 Å². The predicted molar refractivity (Wildman–Crippen MR) is 71.7 cm³/mol. The minimum Gasteiger partial charge on any atom is -0.351 e. The second-order valence-corrected chi connectivity index (χ2v) is 6.68. The minimum atomic E-state index is -3.42. The molecular weight excluding hydrogens is 268 g/mol. The topological polar surface area (TPSA) is 104 Å². The van der Waals surface area contributed by atoms with Gasteiger partial charge in [0.15, 0.2) is 0 Å². The molecular formula is C11H20N4O3S. The summed E-state index contributed by atoms with van der Waals surface area (Å²) >= 11 is 0. The molecule has 1 unspecified atom stereocenters. The first-order valence-electron chi connectivity index (χ1n) is 6.00. The van der Waals surface area contributed by atoms with Gasteiger partial charge in [0.05, 0.1) is 12.5 Å². The summed E-state index contributed by atoms with van der Waals surface area (Å²) in [5.74, 6) is -0.126. The molecule has 8 heteroatoms. The summed E-state index contributed by atoms with van der Waals surface area (Å²) in [4.78, 5) is 12.0. The van der Waals surface area contributed by atoms with Crippen LogP contribution in [0.3, 0.4) is 0 Å². The first-order chi connectivity index (χ1) is 8.78. The smallest absolute Gasteiger partial charge is 0.238 e. The van der Waals surface area contributed by atoms with Gasteiger partial charge in [0, 0.05) is 18.3 Å². The highest BCUT2D eigenvalue weighted by Gasteiger charge is 2.22. The highest BCUT2D eigenvalue weighted by molar-refractivity contribution is 7.88. The van der Waals surface area contributed by atoms with Crippen LogP contribution in [0.4, 0.5) is 0 Å². The lowest BCUT2D eigenvalue weighted by Gasteiger charge is -2.18. The third-order valence-corrected chi connectivity index (χ3v) is 3.11. The number of aromatic nitrogens is 2. The molecule has 1 heterocycles. The number of hydrogen-bond donors (Lipinski definition) is 3. The zero-order valence-electron chi connectivity index (χ0n) is 11.3. The molecule has 0 aromatic carbocycles. The normalized spacial score (nSPS) is 13.5. The average molecular weight is 288 g/mol. The number of amides is 1. The molecule has 0 aliphatic heterocycles. The van der Waals surface area contributed by atoms with E-state index < -0.39 is 16.1 Å². The van der Waals surface area contributed by atoms with Crippen molar-refractivity contribution in [2.45, 2.75) is 32.9 Å². The fraction of sp³-hybridized carbons (Fsp3) is 0.636. The van der Waals surface area contributed by atoms with Crippen molar-refractivity contribution in [1.82, 2.24) is 20.2 Å². The Labute approximate surface area is 113 Å². The first-order valence-corrected chi connectivity index (χ1v) is 7.89. The molecule has 0 radical (unpaired) electrons. The van der Waals surface area contributed by atoms with Gasteiger partial charge in [-0.3, -0.25) is 9.89 Å². The van der Waals surface area contributed by atoms with Crippen LogP contribution in [0, 0.1) is 5.92 Å². The summed E-state index contributed by atoms with van der Waals surface area (Å²) < 4.78 is 24.9. The number of carbonyl (C=O) groups is 1. The molecule has 0 saturated heterocycles. The molecule has 1 aromatic heterocycles. The SMILES string of the molecule is CC(C)CC(NS(C)(=O)=O)C(=O)NCc1cn[nH]c1. The molecule has 3 N–H and O–H groups in total. The van der Waals surface area contributed by atoms with Gasteiger partial charge in [0.25, 0.3) is 0 Å². The van der Waals surface area contributed by atoms with Crippen molar-refractivity contribution in [3.8, 4) is 0 Å². The summed E-state index contributed by atoms with van der Waals surface area (Å²) in [6.07, 6.45) is 4.76. The molecule has 0 saturated carbocycles. The van der Waals surface area contributed by atoms with E-state index >= 15 is 0 Å². The van der Waals surface area contributed by atoms with Crippen LogP contribution in [0.5, 0.6) is 0 Å². The van der Waals surface area contributed by atoms with Crippen LogP contribution >= 0.6 is 0 Å². The molecule has 1 atom stereocenters. The van der Waals surface area contributed by atoms with Crippen molar-refractivity contribution < 1.29 is 13.2 Å². The molecule has 0 aliphatic rings. The van der Waals surface area contributed by atoms with E-state index in [0.717, 1.165) is 11.8 Å². The van der Waals surface area contributed by atoms with Gasteiger partial charge in [0.2, 0.25) is 15.9 Å². The van der Waals surface area contributed by atoms with Crippen LogP contribution in [-0.4, -0.2) is 36.8 Å². The van der Waals surface area contributed by atoms with Crippen LogP contribution in [0.2, 0.25) is 0 Å². The molecule has 19 heavy (non-hydrogen) atoms. The zero-order chi connectivity index (χ0) is 14.5. The minimum absolute atomic E-state index is 0.207. The van der Waals surface area contributed by atoms with Gasteiger partial charge in [-0.05, 0) is 12.3 Å². The van der Waals surface area contributed by atoms with Crippen molar-refractivity contribution in [3.63, 3.8) is 0 Å². The number of hydrogen-bond acceptors (Lipinski definition) is 4. The molecule has 0 aliphatic carbocycles. The van der Waals surface area contributed by atoms with Gasteiger partial charge >= 0.3 is 0 Å². The number of carbonyl (C=O) groups excluding carboxylic acids is 1. The van der Waals surface area contributed by atoms with E-state index in [0.29, 0.717) is 13.0 Å². The summed E-state index contributed by atoms with van der Waals surface area (Å²) in [5.41, 5.74) is 0.830. The van der Waals surface area contributed by atoms with E-state index in [1.54, 1.807) is 12.4 Å². The van der Waals surface area contributed by atoms with Crippen LogP contribution in [0.1, 0.15) is 25.8 Å². The largest absolute Gasteiger partial charge is 0.351 e. The van der Waals surface area contributed by atoms with Gasteiger partial charge < -0.3 is 5.32 Å². The average Bonchev–Trinajstić information content (AvgIpc) is 2.75.